The summed E-state index contributed by atoms with van der Waals surface area (Å²) in [6.45, 7) is -0.643. The largest absolute Gasteiger partial charge is 0.508 e. The molecule has 4 rings (SSSR count). The molecule has 1 aromatic heterocycles. The second kappa shape index (κ2) is 8.89. The molecule has 33 heavy (non-hydrogen) atoms. The maximum Gasteiger partial charge on any atom is 0.229 e. The smallest absolute Gasteiger partial charge is 0.229 e. The van der Waals surface area contributed by atoms with Crippen LogP contribution < -0.4 is 14.9 Å². The molecule has 2 aromatic carbocycles. The number of hydrogen-bond donors (Lipinski definition) is 6. The molecule has 2 heterocycles. The third-order valence-corrected chi connectivity index (χ3v) is 5.34. The van der Waals surface area contributed by atoms with Crippen LogP contribution in [0.5, 0.6) is 23.0 Å². The van der Waals surface area contributed by atoms with Crippen LogP contribution in [0.3, 0.4) is 0 Å². The van der Waals surface area contributed by atoms with Crippen LogP contribution in [0.2, 0.25) is 0 Å². The number of phenols is 2. The second-order valence-corrected chi connectivity index (χ2v) is 7.49. The quantitative estimate of drug-likeness (QED) is 0.302. The van der Waals surface area contributed by atoms with Gasteiger partial charge in [0.05, 0.1) is 13.7 Å². The molecule has 0 radical (unpaired) electrons. The van der Waals surface area contributed by atoms with Crippen molar-refractivity contribution in [1.29, 1.82) is 0 Å². The molecule has 0 aliphatic carbocycles. The molecule has 11 nitrogen and oxygen atoms in total. The molecule has 0 saturated carbocycles. The lowest BCUT2D eigenvalue weighted by Crippen LogP contribution is -2.60. The van der Waals surface area contributed by atoms with Gasteiger partial charge in [-0.25, -0.2) is 0 Å². The number of methoxy groups -OCH3 is 1. The third-order valence-electron chi connectivity index (χ3n) is 5.34. The highest BCUT2D eigenvalue weighted by atomic mass is 16.7. The zero-order chi connectivity index (χ0) is 23.9. The molecule has 1 aliphatic rings. The van der Waals surface area contributed by atoms with Gasteiger partial charge in [-0.1, -0.05) is 0 Å². The van der Waals surface area contributed by atoms with Crippen molar-refractivity contribution < 1.29 is 49.3 Å². The minimum atomic E-state index is -1.68. The number of hydrogen-bond acceptors (Lipinski definition) is 11. The summed E-state index contributed by atoms with van der Waals surface area (Å²) in [4.78, 5) is 12.7. The van der Waals surface area contributed by atoms with Gasteiger partial charge in [0.1, 0.15) is 52.6 Å². The van der Waals surface area contributed by atoms with Crippen LogP contribution in [-0.2, 0) is 4.74 Å². The summed E-state index contributed by atoms with van der Waals surface area (Å²) in [6, 6.07) is 7.74. The van der Waals surface area contributed by atoms with Gasteiger partial charge < -0.3 is 49.3 Å². The monoisotopic (exact) mass is 462 g/mol. The summed E-state index contributed by atoms with van der Waals surface area (Å²) in [5.41, 5.74) is -0.0693. The van der Waals surface area contributed by atoms with Crippen LogP contribution in [0.15, 0.2) is 45.6 Å². The van der Waals surface area contributed by atoms with Gasteiger partial charge in [0.25, 0.3) is 0 Å². The number of ether oxygens (including phenoxy) is 3. The molecule has 0 spiro atoms. The molecule has 0 bridgehead atoms. The Labute approximate surface area is 186 Å². The lowest BCUT2D eigenvalue weighted by Gasteiger charge is -2.39. The van der Waals surface area contributed by atoms with Crippen molar-refractivity contribution in [3.05, 3.63) is 46.6 Å². The average molecular weight is 462 g/mol. The molecule has 6 N–H and O–H groups in total. The molecular weight excluding hydrogens is 440 g/mol. The van der Waals surface area contributed by atoms with Crippen molar-refractivity contribution >= 4 is 11.0 Å². The Bertz CT molecular complexity index is 1220. The van der Waals surface area contributed by atoms with Gasteiger partial charge in [-0.15, -0.1) is 0 Å². The van der Waals surface area contributed by atoms with Crippen LogP contribution in [-0.4, -0.2) is 75.1 Å². The van der Waals surface area contributed by atoms with Gasteiger partial charge in [0.2, 0.25) is 6.29 Å². The van der Waals surface area contributed by atoms with E-state index in [1.807, 2.05) is 0 Å². The first-order valence-electron chi connectivity index (χ1n) is 9.89. The summed E-state index contributed by atoms with van der Waals surface area (Å²) >= 11 is 0. The Balaban J connectivity index is 1.71. The van der Waals surface area contributed by atoms with E-state index in [0.717, 1.165) is 0 Å². The Hall–Kier alpha value is -3.35. The first-order valence-corrected chi connectivity index (χ1v) is 9.89. The minimum absolute atomic E-state index is 0.0684. The Morgan fingerprint density at radius 2 is 1.73 bits per heavy atom. The minimum Gasteiger partial charge on any atom is -0.508 e. The van der Waals surface area contributed by atoms with E-state index in [9.17, 15) is 35.4 Å². The zero-order valence-corrected chi connectivity index (χ0v) is 17.3. The highest BCUT2D eigenvalue weighted by Crippen LogP contribution is 2.36. The van der Waals surface area contributed by atoms with Crippen LogP contribution in [0.25, 0.3) is 22.3 Å². The van der Waals surface area contributed by atoms with E-state index in [2.05, 4.69) is 0 Å². The van der Waals surface area contributed by atoms with Crippen molar-refractivity contribution in [3.63, 3.8) is 0 Å². The van der Waals surface area contributed by atoms with Crippen molar-refractivity contribution in [2.24, 2.45) is 0 Å². The van der Waals surface area contributed by atoms with Crippen LogP contribution in [0, 0.1) is 0 Å². The molecule has 0 amide bonds. The van der Waals surface area contributed by atoms with Gasteiger partial charge in [0, 0.05) is 23.8 Å². The SMILES string of the molecule is COc1cc(O)cc2oc(-c3ccc(O)c(O[C@@H]4OC(CO)[C@@H](O)[C@H](O)C4O)c3)cc(=O)c12. The maximum absolute atomic E-state index is 12.7. The Kier molecular flexibility index (Phi) is 6.15. The number of benzene rings is 2. The Morgan fingerprint density at radius 3 is 2.42 bits per heavy atom. The summed E-state index contributed by atoms with van der Waals surface area (Å²) < 4.78 is 21.7. The molecular formula is C22H22O11. The first kappa shape index (κ1) is 22.8. The topological polar surface area (TPSA) is 179 Å². The highest BCUT2D eigenvalue weighted by Gasteiger charge is 2.45. The number of aromatic hydroxyl groups is 2. The third kappa shape index (κ3) is 4.19. The van der Waals surface area contributed by atoms with Crippen molar-refractivity contribution in [1.82, 2.24) is 0 Å². The van der Waals surface area contributed by atoms with E-state index in [0.29, 0.717) is 5.56 Å². The van der Waals surface area contributed by atoms with Gasteiger partial charge in [0.15, 0.2) is 16.9 Å². The average Bonchev–Trinajstić information content (AvgIpc) is 2.79. The fourth-order valence-corrected chi connectivity index (χ4v) is 3.59. The fraction of sp³-hybridized carbons (Fsp3) is 0.318. The van der Waals surface area contributed by atoms with E-state index >= 15 is 0 Å². The van der Waals surface area contributed by atoms with E-state index in [1.54, 1.807) is 0 Å². The van der Waals surface area contributed by atoms with E-state index < -0.39 is 42.7 Å². The molecule has 1 fully saturated rings. The van der Waals surface area contributed by atoms with Gasteiger partial charge in [-0.3, -0.25) is 4.79 Å². The summed E-state index contributed by atoms with van der Waals surface area (Å²) in [7, 11) is 1.35. The van der Waals surface area contributed by atoms with Crippen LogP contribution in [0.4, 0.5) is 0 Å². The van der Waals surface area contributed by atoms with Crippen molar-refractivity contribution in [2.45, 2.75) is 30.7 Å². The van der Waals surface area contributed by atoms with Gasteiger partial charge >= 0.3 is 0 Å². The number of fused-ring (bicyclic) bond motifs is 1. The molecule has 5 atom stereocenters. The van der Waals surface area contributed by atoms with Crippen molar-refractivity contribution in [3.8, 4) is 34.3 Å². The molecule has 2 unspecified atom stereocenters. The summed E-state index contributed by atoms with van der Waals surface area (Å²) in [5, 5.41) is 59.5. The molecule has 176 valence electrons. The summed E-state index contributed by atoms with van der Waals surface area (Å²) in [6.07, 6.45) is -7.62. The van der Waals surface area contributed by atoms with E-state index in [1.165, 1.54) is 43.5 Å². The number of aliphatic hydroxyl groups excluding tert-OH is 4. The highest BCUT2D eigenvalue weighted by molar-refractivity contribution is 5.86. The fourth-order valence-electron chi connectivity index (χ4n) is 3.59. The standard InChI is InChI=1S/C22H22O11/c1-30-15-5-10(24)6-16-18(15)12(26)7-13(31-16)9-2-3-11(25)14(4-9)32-22-21(29)20(28)19(27)17(8-23)33-22/h2-7,17,19-25,27-29H,8H2,1H3/t17?,19-,20+,21?,22-/m1/s1. The first-order chi connectivity index (χ1) is 15.7. The summed E-state index contributed by atoms with van der Waals surface area (Å²) in [5.74, 6) is -0.482. The molecule has 3 aromatic rings. The lowest BCUT2D eigenvalue weighted by atomic mass is 9.99. The zero-order valence-electron chi connectivity index (χ0n) is 17.3. The predicted octanol–water partition coefficient (Wildman–Crippen LogP) is 0.0585. The second-order valence-electron chi connectivity index (χ2n) is 7.49. The maximum atomic E-state index is 12.7. The van der Waals surface area contributed by atoms with Crippen LogP contribution in [0.1, 0.15) is 0 Å². The van der Waals surface area contributed by atoms with Gasteiger partial charge in [-0.05, 0) is 18.2 Å². The Morgan fingerprint density at radius 1 is 0.970 bits per heavy atom. The number of phenolic OH excluding ortho intramolecular Hbond substituents is 2. The van der Waals surface area contributed by atoms with E-state index in [-0.39, 0.29) is 39.7 Å². The van der Waals surface area contributed by atoms with Crippen LogP contribution >= 0.6 is 0 Å². The number of aliphatic hydroxyl groups is 4. The molecule has 1 saturated heterocycles. The van der Waals surface area contributed by atoms with E-state index in [4.69, 9.17) is 18.6 Å². The van der Waals surface area contributed by atoms with Crippen molar-refractivity contribution in [2.75, 3.05) is 13.7 Å². The normalized spacial score (nSPS) is 25.2. The molecule has 1 aliphatic heterocycles. The predicted molar refractivity (Wildman–Crippen MR) is 112 cm³/mol. The number of rotatable bonds is 5. The molecule has 11 heteroatoms. The lowest BCUT2D eigenvalue weighted by molar-refractivity contribution is -0.277. The van der Waals surface area contributed by atoms with Gasteiger partial charge in [-0.2, -0.15) is 0 Å².